The number of aromatic nitrogens is 2. The molecule has 3 aromatic rings. The second-order valence-electron chi connectivity index (χ2n) is 6.71. The van der Waals surface area contributed by atoms with Crippen LogP contribution >= 0.6 is 0 Å². The molecule has 1 N–H and O–H groups in total. The Labute approximate surface area is 161 Å². The molecule has 1 aliphatic rings. The molecule has 144 valence electrons. The van der Waals surface area contributed by atoms with Gasteiger partial charge in [0.05, 0.1) is 24.7 Å². The highest BCUT2D eigenvalue weighted by Gasteiger charge is 2.28. The molecule has 0 radical (unpaired) electrons. The lowest BCUT2D eigenvalue weighted by molar-refractivity contribution is -0.384. The molecule has 1 fully saturated rings. The maximum absolute atomic E-state index is 11.0. The van der Waals surface area contributed by atoms with Crippen LogP contribution in [0.25, 0.3) is 10.9 Å². The van der Waals surface area contributed by atoms with Crippen LogP contribution in [0.1, 0.15) is 30.1 Å². The molecule has 0 unspecified atom stereocenters. The molecular formula is C20H20N4O4. The van der Waals surface area contributed by atoms with Crippen LogP contribution in [0.5, 0.6) is 11.5 Å². The normalized spacial score (nSPS) is 13.4. The molecule has 8 nitrogen and oxygen atoms in total. The van der Waals surface area contributed by atoms with Crippen LogP contribution in [-0.4, -0.2) is 29.1 Å². The summed E-state index contributed by atoms with van der Waals surface area (Å²) in [6.07, 6.45) is 2.17. The quantitative estimate of drug-likeness (QED) is 0.488. The van der Waals surface area contributed by atoms with E-state index in [9.17, 15) is 10.1 Å². The fraction of sp³-hybridized carbons (Fsp3) is 0.300. The van der Waals surface area contributed by atoms with E-state index in [4.69, 9.17) is 19.4 Å². The first kappa shape index (κ1) is 18.0. The maximum atomic E-state index is 11.0. The first-order valence-electron chi connectivity index (χ1n) is 9.00. The largest absolute Gasteiger partial charge is 0.493 e. The molecule has 0 spiro atoms. The second kappa shape index (κ2) is 7.30. The van der Waals surface area contributed by atoms with E-state index in [1.165, 1.54) is 6.07 Å². The first-order valence-corrected chi connectivity index (χ1v) is 9.00. The van der Waals surface area contributed by atoms with Gasteiger partial charge in [-0.1, -0.05) is 12.1 Å². The molecule has 1 saturated carbocycles. The summed E-state index contributed by atoms with van der Waals surface area (Å²) in [5.41, 5.74) is 1.64. The van der Waals surface area contributed by atoms with Crippen LogP contribution in [0.3, 0.4) is 0 Å². The third kappa shape index (κ3) is 3.53. The molecule has 2 aromatic carbocycles. The van der Waals surface area contributed by atoms with Gasteiger partial charge in [0.15, 0.2) is 11.5 Å². The van der Waals surface area contributed by atoms with Gasteiger partial charge in [-0.2, -0.15) is 0 Å². The third-order valence-electron chi connectivity index (χ3n) is 4.74. The van der Waals surface area contributed by atoms with Gasteiger partial charge < -0.3 is 14.8 Å². The van der Waals surface area contributed by atoms with E-state index in [0.29, 0.717) is 29.8 Å². The van der Waals surface area contributed by atoms with Crippen molar-refractivity contribution in [1.29, 1.82) is 0 Å². The zero-order valence-corrected chi connectivity index (χ0v) is 15.6. The predicted molar refractivity (Wildman–Crippen MR) is 105 cm³/mol. The van der Waals surface area contributed by atoms with Crippen molar-refractivity contribution in [1.82, 2.24) is 9.97 Å². The Kier molecular flexibility index (Phi) is 4.68. The number of hydrogen-bond acceptors (Lipinski definition) is 7. The molecule has 8 heteroatoms. The van der Waals surface area contributed by atoms with E-state index in [1.54, 1.807) is 26.4 Å². The molecule has 0 saturated heterocycles. The van der Waals surface area contributed by atoms with Gasteiger partial charge in [0.25, 0.3) is 5.69 Å². The highest BCUT2D eigenvalue weighted by molar-refractivity contribution is 5.92. The number of nitrogens with zero attached hydrogens (tertiary/aromatic N) is 3. The maximum Gasteiger partial charge on any atom is 0.269 e. The monoisotopic (exact) mass is 380 g/mol. The van der Waals surface area contributed by atoms with Crippen LogP contribution in [-0.2, 0) is 6.54 Å². The highest BCUT2D eigenvalue weighted by Crippen LogP contribution is 2.41. The number of methoxy groups -OCH3 is 2. The summed E-state index contributed by atoms with van der Waals surface area (Å²) >= 11 is 0. The van der Waals surface area contributed by atoms with Gasteiger partial charge in [0, 0.05) is 36.0 Å². The molecule has 1 heterocycles. The van der Waals surface area contributed by atoms with E-state index >= 15 is 0 Å². The van der Waals surface area contributed by atoms with Crippen LogP contribution in [0.15, 0.2) is 36.4 Å². The summed E-state index contributed by atoms with van der Waals surface area (Å²) < 4.78 is 10.8. The summed E-state index contributed by atoms with van der Waals surface area (Å²) in [4.78, 5) is 20.0. The Hall–Kier alpha value is -3.42. The van der Waals surface area contributed by atoms with Gasteiger partial charge in [-0.3, -0.25) is 10.1 Å². The summed E-state index contributed by atoms with van der Waals surface area (Å²) in [5.74, 6) is 3.08. The topological polar surface area (TPSA) is 99.4 Å². The van der Waals surface area contributed by atoms with Crippen molar-refractivity contribution in [2.24, 2.45) is 0 Å². The average Bonchev–Trinajstić information content (AvgIpc) is 3.56. The molecule has 0 bridgehead atoms. The Morgan fingerprint density at radius 3 is 2.57 bits per heavy atom. The summed E-state index contributed by atoms with van der Waals surface area (Å²) in [6, 6.07) is 10.3. The van der Waals surface area contributed by atoms with E-state index < -0.39 is 4.92 Å². The minimum Gasteiger partial charge on any atom is -0.493 e. The molecule has 0 amide bonds. The van der Waals surface area contributed by atoms with E-state index in [1.807, 2.05) is 18.2 Å². The first-order chi connectivity index (χ1) is 13.6. The molecule has 0 aliphatic heterocycles. The minimum absolute atomic E-state index is 0.0666. The SMILES string of the molecule is COc1cc2nc(C3CC3)nc(NCc3cccc([N+](=O)[O-])c3)c2cc1OC. The number of nitro benzene ring substituents is 1. The molecule has 0 atom stereocenters. The van der Waals surface area contributed by atoms with Gasteiger partial charge in [-0.15, -0.1) is 0 Å². The zero-order chi connectivity index (χ0) is 19.7. The van der Waals surface area contributed by atoms with Crippen LogP contribution < -0.4 is 14.8 Å². The van der Waals surface area contributed by atoms with Gasteiger partial charge in [-0.25, -0.2) is 9.97 Å². The van der Waals surface area contributed by atoms with E-state index in [0.717, 1.165) is 35.1 Å². The number of ether oxygens (including phenoxy) is 2. The van der Waals surface area contributed by atoms with Crippen LogP contribution in [0.4, 0.5) is 11.5 Å². The molecule has 4 rings (SSSR count). The lowest BCUT2D eigenvalue weighted by atomic mass is 10.1. The summed E-state index contributed by atoms with van der Waals surface area (Å²) in [6.45, 7) is 0.409. The number of benzene rings is 2. The van der Waals surface area contributed by atoms with Gasteiger partial charge in [0.1, 0.15) is 11.6 Å². The lowest BCUT2D eigenvalue weighted by Gasteiger charge is -2.14. The molecular weight excluding hydrogens is 360 g/mol. The van der Waals surface area contributed by atoms with E-state index in [2.05, 4.69) is 5.32 Å². The van der Waals surface area contributed by atoms with Gasteiger partial charge in [0.2, 0.25) is 0 Å². The number of non-ortho nitro benzene ring substituents is 1. The van der Waals surface area contributed by atoms with Crippen molar-refractivity contribution in [2.45, 2.75) is 25.3 Å². The van der Waals surface area contributed by atoms with Crippen molar-refractivity contribution >= 4 is 22.4 Å². The summed E-state index contributed by atoms with van der Waals surface area (Å²) in [5, 5.41) is 15.1. The number of nitrogens with one attached hydrogen (secondary N) is 1. The van der Waals surface area contributed by atoms with Crippen molar-refractivity contribution in [3.63, 3.8) is 0 Å². The number of rotatable bonds is 7. The number of hydrogen-bond donors (Lipinski definition) is 1. The second-order valence-corrected chi connectivity index (χ2v) is 6.71. The van der Waals surface area contributed by atoms with Crippen molar-refractivity contribution in [3.8, 4) is 11.5 Å². The number of fused-ring (bicyclic) bond motifs is 1. The lowest BCUT2D eigenvalue weighted by Crippen LogP contribution is -2.06. The Balaban J connectivity index is 1.72. The van der Waals surface area contributed by atoms with Crippen molar-refractivity contribution in [3.05, 3.63) is 57.9 Å². The highest BCUT2D eigenvalue weighted by atomic mass is 16.6. The Bertz CT molecular complexity index is 1050. The number of nitro groups is 1. The molecule has 28 heavy (non-hydrogen) atoms. The standard InChI is InChI=1S/C20H20N4O4/c1-27-17-9-15-16(10-18(17)28-2)22-19(13-6-7-13)23-20(15)21-11-12-4-3-5-14(8-12)24(25)26/h3-5,8-10,13H,6-7,11H2,1-2H3,(H,21,22,23). The van der Waals surface area contributed by atoms with Gasteiger partial charge in [-0.05, 0) is 24.5 Å². The predicted octanol–water partition coefficient (Wildman–Crippen LogP) is 4.04. The fourth-order valence-electron chi connectivity index (χ4n) is 3.10. The van der Waals surface area contributed by atoms with E-state index in [-0.39, 0.29) is 5.69 Å². The van der Waals surface area contributed by atoms with Crippen molar-refractivity contribution in [2.75, 3.05) is 19.5 Å². The zero-order valence-electron chi connectivity index (χ0n) is 15.6. The fourth-order valence-corrected chi connectivity index (χ4v) is 3.10. The molecule has 1 aliphatic carbocycles. The average molecular weight is 380 g/mol. The van der Waals surface area contributed by atoms with Gasteiger partial charge >= 0.3 is 0 Å². The minimum atomic E-state index is -0.397. The molecule has 1 aromatic heterocycles. The third-order valence-corrected chi connectivity index (χ3v) is 4.74. The summed E-state index contributed by atoms with van der Waals surface area (Å²) in [7, 11) is 3.17. The smallest absolute Gasteiger partial charge is 0.269 e. The van der Waals surface area contributed by atoms with Crippen molar-refractivity contribution < 1.29 is 14.4 Å². The Morgan fingerprint density at radius 1 is 1.14 bits per heavy atom. The van der Waals surface area contributed by atoms with Crippen LogP contribution in [0, 0.1) is 10.1 Å². The van der Waals surface area contributed by atoms with Crippen LogP contribution in [0.2, 0.25) is 0 Å². The Morgan fingerprint density at radius 2 is 1.89 bits per heavy atom. The number of anilines is 1.